The number of likely N-dealkylation sites (tertiary alicyclic amines) is 1. The third kappa shape index (κ3) is 4.74. The zero-order chi connectivity index (χ0) is 15.1. The first-order valence-electron chi connectivity index (χ1n) is 7.91. The maximum absolute atomic E-state index is 11.7. The van der Waals surface area contributed by atoms with Crippen LogP contribution >= 0.6 is 0 Å². The number of hydrogen-bond donors (Lipinski definition) is 1. The van der Waals surface area contributed by atoms with Gasteiger partial charge in [0.25, 0.3) is 0 Å². The molecular formula is C17H26N2O2. The number of carbonyl (C=O) groups is 1. The number of rotatable bonds is 4. The largest absolute Gasteiger partial charge is 0.466 e. The number of allylic oxidation sites excluding steroid dienone is 4. The minimum atomic E-state index is -0.0373. The Bertz CT molecular complexity index is 444. The van der Waals surface area contributed by atoms with Crippen molar-refractivity contribution in [3.63, 3.8) is 0 Å². The van der Waals surface area contributed by atoms with Crippen LogP contribution in [0.5, 0.6) is 0 Å². The van der Waals surface area contributed by atoms with Crippen LogP contribution in [-0.4, -0.2) is 37.1 Å². The summed E-state index contributed by atoms with van der Waals surface area (Å²) in [5, 5.41) is 0. The van der Waals surface area contributed by atoms with Gasteiger partial charge in [0, 0.05) is 12.2 Å². The number of nitrogens with two attached hydrogens (primary N) is 1. The molecule has 1 aliphatic carbocycles. The van der Waals surface area contributed by atoms with E-state index in [-0.39, 0.29) is 11.9 Å². The molecule has 0 aromatic rings. The van der Waals surface area contributed by atoms with Gasteiger partial charge in [-0.1, -0.05) is 24.3 Å². The molecule has 0 amide bonds. The molecule has 116 valence electrons. The fraction of sp³-hybridized carbons (Fsp3) is 0.588. The molecule has 1 aliphatic heterocycles. The van der Waals surface area contributed by atoms with Crippen molar-refractivity contribution in [1.82, 2.24) is 4.90 Å². The Hall–Kier alpha value is -1.55. The number of carbonyl (C=O) groups excluding carboxylic acids is 1. The highest BCUT2D eigenvalue weighted by atomic mass is 16.5. The van der Waals surface area contributed by atoms with Crippen molar-refractivity contribution in [1.29, 1.82) is 0 Å². The Morgan fingerprint density at radius 1 is 1.38 bits per heavy atom. The normalized spacial score (nSPS) is 27.7. The zero-order valence-electron chi connectivity index (χ0n) is 12.9. The van der Waals surface area contributed by atoms with Gasteiger partial charge in [-0.25, -0.2) is 0 Å². The molecule has 2 rings (SSSR count). The lowest BCUT2D eigenvalue weighted by Gasteiger charge is -2.31. The van der Waals surface area contributed by atoms with E-state index in [1.807, 2.05) is 6.92 Å². The Labute approximate surface area is 127 Å². The maximum Gasteiger partial charge on any atom is 0.309 e. The molecule has 2 N–H and O–H groups in total. The van der Waals surface area contributed by atoms with Gasteiger partial charge in [-0.05, 0) is 51.3 Å². The first kappa shape index (κ1) is 15.8. The molecule has 0 unspecified atom stereocenters. The van der Waals surface area contributed by atoms with Crippen molar-refractivity contribution < 1.29 is 9.53 Å². The second-order valence-corrected chi connectivity index (χ2v) is 5.66. The monoisotopic (exact) mass is 290 g/mol. The molecule has 2 aliphatic rings. The van der Waals surface area contributed by atoms with E-state index in [1.54, 1.807) is 0 Å². The molecule has 0 atom stereocenters. The second-order valence-electron chi connectivity index (χ2n) is 5.66. The number of esters is 1. The summed E-state index contributed by atoms with van der Waals surface area (Å²) in [6.45, 7) is 5.05. The average molecular weight is 290 g/mol. The molecular weight excluding hydrogens is 264 g/mol. The third-order valence-corrected chi connectivity index (χ3v) is 4.10. The van der Waals surface area contributed by atoms with Crippen LogP contribution in [0.3, 0.4) is 0 Å². The van der Waals surface area contributed by atoms with Crippen molar-refractivity contribution >= 4 is 5.97 Å². The van der Waals surface area contributed by atoms with Crippen molar-refractivity contribution in [2.75, 3.05) is 26.2 Å². The summed E-state index contributed by atoms with van der Waals surface area (Å²) >= 11 is 0. The molecule has 21 heavy (non-hydrogen) atoms. The highest BCUT2D eigenvalue weighted by Crippen LogP contribution is 2.21. The van der Waals surface area contributed by atoms with Crippen LogP contribution < -0.4 is 5.73 Å². The van der Waals surface area contributed by atoms with Gasteiger partial charge >= 0.3 is 5.97 Å². The van der Waals surface area contributed by atoms with E-state index in [2.05, 4.69) is 29.2 Å². The van der Waals surface area contributed by atoms with Gasteiger partial charge in [-0.3, -0.25) is 9.69 Å². The van der Waals surface area contributed by atoms with Crippen LogP contribution in [0.1, 0.15) is 32.6 Å². The maximum atomic E-state index is 11.7. The molecule has 4 heteroatoms. The number of nitrogens with zero attached hydrogens (tertiary/aromatic N) is 1. The predicted molar refractivity (Wildman–Crippen MR) is 84.5 cm³/mol. The van der Waals surface area contributed by atoms with E-state index in [4.69, 9.17) is 10.5 Å². The highest BCUT2D eigenvalue weighted by molar-refractivity contribution is 5.72. The van der Waals surface area contributed by atoms with Crippen LogP contribution in [0.4, 0.5) is 0 Å². The number of ether oxygens (including phenoxy) is 1. The summed E-state index contributed by atoms with van der Waals surface area (Å²) in [6.07, 6.45) is 12.3. The van der Waals surface area contributed by atoms with Gasteiger partial charge in [0.15, 0.2) is 0 Å². The van der Waals surface area contributed by atoms with E-state index in [0.717, 1.165) is 51.0 Å². The first-order chi connectivity index (χ1) is 10.2. The van der Waals surface area contributed by atoms with Crippen LogP contribution in [0.25, 0.3) is 0 Å². The van der Waals surface area contributed by atoms with Crippen LogP contribution in [0.2, 0.25) is 0 Å². The minimum absolute atomic E-state index is 0.0373. The summed E-state index contributed by atoms with van der Waals surface area (Å²) in [5.74, 6) is 0.0324. The van der Waals surface area contributed by atoms with Crippen molar-refractivity contribution in [2.24, 2.45) is 11.7 Å². The van der Waals surface area contributed by atoms with E-state index in [9.17, 15) is 4.79 Å². The second kappa shape index (κ2) is 8.03. The lowest BCUT2D eigenvalue weighted by atomic mass is 9.96. The summed E-state index contributed by atoms with van der Waals surface area (Å²) in [7, 11) is 0. The molecule has 0 aromatic heterocycles. The van der Waals surface area contributed by atoms with Gasteiger partial charge in [0.1, 0.15) is 0 Å². The molecule has 0 bridgehead atoms. The highest BCUT2D eigenvalue weighted by Gasteiger charge is 2.26. The average Bonchev–Trinajstić information content (AvgIpc) is 2.48. The topological polar surface area (TPSA) is 55.6 Å². The molecule has 1 fully saturated rings. The minimum Gasteiger partial charge on any atom is -0.466 e. The molecule has 4 nitrogen and oxygen atoms in total. The fourth-order valence-corrected chi connectivity index (χ4v) is 2.81. The van der Waals surface area contributed by atoms with E-state index in [1.165, 1.54) is 5.57 Å². The smallest absolute Gasteiger partial charge is 0.309 e. The van der Waals surface area contributed by atoms with Gasteiger partial charge in [0.05, 0.1) is 12.5 Å². The zero-order valence-corrected chi connectivity index (χ0v) is 12.9. The van der Waals surface area contributed by atoms with E-state index in [0.29, 0.717) is 6.61 Å². The van der Waals surface area contributed by atoms with Gasteiger partial charge in [-0.2, -0.15) is 0 Å². The summed E-state index contributed by atoms with van der Waals surface area (Å²) in [6, 6.07) is 0. The molecule has 0 spiro atoms. The lowest BCUT2D eigenvalue weighted by Crippen LogP contribution is -2.38. The molecule has 1 saturated heterocycles. The Morgan fingerprint density at radius 3 is 2.86 bits per heavy atom. The van der Waals surface area contributed by atoms with Gasteiger partial charge in [0.2, 0.25) is 0 Å². The molecule has 0 saturated carbocycles. The standard InChI is InChI=1S/C17H26N2O2/c1-2-21-17(20)14-9-11-19(12-10-14)13-15-7-5-3-4-6-8-16(15)18/h3,5,7-8,14H,2,4,6,9-13,18H2,1H3/b5-3-,15-7-,16-8+. The van der Waals surface area contributed by atoms with Crippen molar-refractivity contribution in [3.05, 3.63) is 35.6 Å². The summed E-state index contributed by atoms with van der Waals surface area (Å²) in [5.41, 5.74) is 8.22. The van der Waals surface area contributed by atoms with E-state index >= 15 is 0 Å². The Kier molecular flexibility index (Phi) is 6.05. The van der Waals surface area contributed by atoms with Crippen molar-refractivity contribution in [2.45, 2.75) is 32.6 Å². The van der Waals surface area contributed by atoms with Crippen LogP contribution in [0.15, 0.2) is 35.6 Å². The van der Waals surface area contributed by atoms with Gasteiger partial charge < -0.3 is 10.5 Å². The van der Waals surface area contributed by atoms with Crippen LogP contribution in [-0.2, 0) is 9.53 Å². The summed E-state index contributed by atoms with van der Waals surface area (Å²) in [4.78, 5) is 14.1. The fourth-order valence-electron chi connectivity index (χ4n) is 2.81. The first-order valence-corrected chi connectivity index (χ1v) is 7.91. The summed E-state index contributed by atoms with van der Waals surface area (Å²) < 4.78 is 5.11. The Morgan fingerprint density at radius 2 is 2.14 bits per heavy atom. The Balaban J connectivity index is 1.86. The number of piperidine rings is 1. The van der Waals surface area contributed by atoms with Crippen LogP contribution in [0, 0.1) is 5.92 Å². The molecule has 0 aromatic carbocycles. The quantitative estimate of drug-likeness (QED) is 0.808. The predicted octanol–water partition coefficient (Wildman–Crippen LogP) is 2.38. The molecule has 0 radical (unpaired) electrons. The number of hydrogen-bond acceptors (Lipinski definition) is 4. The van der Waals surface area contributed by atoms with E-state index < -0.39 is 0 Å². The SMILES string of the molecule is CCOC(=O)C1CCN(CC2=C/C=C\CC/C=C\2N)CC1. The lowest BCUT2D eigenvalue weighted by molar-refractivity contribution is -0.149. The van der Waals surface area contributed by atoms with Crippen molar-refractivity contribution in [3.8, 4) is 0 Å². The van der Waals surface area contributed by atoms with Gasteiger partial charge in [-0.15, -0.1) is 0 Å². The molecule has 1 heterocycles. The third-order valence-electron chi connectivity index (χ3n) is 4.10.